The van der Waals surface area contributed by atoms with Gasteiger partial charge in [0.15, 0.2) is 11.5 Å². The van der Waals surface area contributed by atoms with Crippen LogP contribution in [0.1, 0.15) is 35.1 Å². The van der Waals surface area contributed by atoms with E-state index >= 15 is 0 Å². The molecule has 1 saturated heterocycles. The number of ether oxygens (including phenoxy) is 2. The molecule has 0 radical (unpaired) electrons. The van der Waals surface area contributed by atoms with Crippen molar-refractivity contribution in [3.63, 3.8) is 0 Å². The van der Waals surface area contributed by atoms with Gasteiger partial charge in [0.2, 0.25) is 0 Å². The molecule has 0 aromatic heterocycles. The van der Waals surface area contributed by atoms with Crippen molar-refractivity contribution in [2.75, 3.05) is 33.9 Å². The molecule has 0 amide bonds. The van der Waals surface area contributed by atoms with Gasteiger partial charge in [0, 0.05) is 32.2 Å². The zero-order chi connectivity index (χ0) is 19.5. The molecule has 4 rings (SSSR count). The van der Waals surface area contributed by atoms with Gasteiger partial charge in [0.1, 0.15) is 0 Å². The zero-order valence-corrected chi connectivity index (χ0v) is 17.4. The summed E-state index contributed by atoms with van der Waals surface area (Å²) < 4.78 is 11.0. The van der Waals surface area contributed by atoms with Crippen LogP contribution in [0.25, 0.3) is 0 Å². The SMILES string of the molecule is COc1cc2c(cc1OC)CN(C1CCCN(Cc3cccc(C)c3)C1)CC2. The Balaban J connectivity index is 1.43. The Morgan fingerprint density at radius 1 is 1.00 bits per heavy atom. The Kier molecular flexibility index (Phi) is 5.88. The number of nitrogens with zero attached hydrogens (tertiary/aromatic N) is 2. The van der Waals surface area contributed by atoms with Crippen molar-refractivity contribution in [2.45, 2.75) is 45.3 Å². The predicted octanol–water partition coefficient (Wildman–Crippen LogP) is 4.03. The maximum absolute atomic E-state index is 5.52. The van der Waals surface area contributed by atoms with Crippen molar-refractivity contribution in [2.24, 2.45) is 0 Å². The van der Waals surface area contributed by atoms with Crippen molar-refractivity contribution in [3.05, 3.63) is 58.7 Å². The maximum atomic E-state index is 5.52. The molecule has 2 aromatic carbocycles. The highest BCUT2D eigenvalue weighted by Crippen LogP contribution is 2.34. The Morgan fingerprint density at radius 3 is 2.54 bits per heavy atom. The van der Waals surface area contributed by atoms with E-state index in [2.05, 4.69) is 53.1 Å². The largest absolute Gasteiger partial charge is 0.493 e. The molecule has 150 valence electrons. The predicted molar refractivity (Wildman–Crippen MR) is 113 cm³/mol. The molecule has 0 saturated carbocycles. The number of rotatable bonds is 5. The van der Waals surface area contributed by atoms with Crippen molar-refractivity contribution in [1.29, 1.82) is 0 Å². The number of methoxy groups -OCH3 is 2. The van der Waals surface area contributed by atoms with Gasteiger partial charge in [-0.15, -0.1) is 0 Å². The van der Waals surface area contributed by atoms with E-state index in [1.165, 1.54) is 41.6 Å². The van der Waals surface area contributed by atoms with E-state index in [9.17, 15) is 0 Å². The van der Waals surface area contributed by atoms with Crippen molar-refractivity contribution in [3.8, 4) is 11.5 Å². The van der Waals surface area contributed by atoms with Crippen LogP contribution in [0, 0.1) is 6.92 Å². The molecule has 2 aromatic rings. The van der Waals surface area contributed by atoms with E-state index in [0.29, 0.717) is 6.04 Å². The summed E-state index contributed by atoms with van der Waals surface area (Å²) in [5.41, 5.74) is 5.57. The molecule has 0 bridgehead atoms. The van der Waals surface area contributed by atoms with Crippen molar-refractivity contribution in [1.82, 2.24) is 9.80 Å². The molecule has 1 unspecified atom stereocenters. The average Bonchev–Trinajstić information content (AvgIpc) is 2.72. The molecule has 1 atom stereocenters. The summed E-state index contributed by atoms with van der Waals surface area (Å²) in [7, 11) is 3.43. The normalized spacial score (nSPS) is 20.6. The third-order valence-corrected chi connectivity index (χ3v) is 6.23. The molecular formula is C24H32N2O2. The highest BCUT2D eigenvalue weighted by atomic mass is 16.5. The highest BCUT2D eigenvalue weighted by Gasteiger charge is 2.28. The third-order valence-electron chi connectivity index (χ3n) is 6.23. The molecule has 0 spiro atoms. The van der Waals surface area contributed by atoms with E-state index in [4.69, 9.17) is 9.47 Å². The second-order valence-corrected chi connectivity index (χ2v) is 8.22. The fourth-order valence-corrected chi connectivity index (χ4v) is 4.76. The van der Waals surface area contributed by atoms with Crippen molar-refractivity contribution < 1.29 is 9.47 Å². The monoisotopic (exact) mass is 380 g/mol. The van der Waals surface area contributed by atoms with Gasteiger partial charge in [-0.3, -0.25) is 9.80 Å². The van der Waals surface area contributed by atoms with Crippen LogP contribution in [0.2, 0.25) is 0 Å². The molecule has 4 nitrogen and oxygen atoms in total. The van der Waals surface area contributed by atoms with Crippen LogP contribution in [0.15, 0.2) is 36.4 Å². The molecule has 0 aliphatic carbocycles. The van der Waals surface area contributed by atoms with Crippen LogP contribution in [0.5, 0.6) is 11.5 Å². The van der Waals surface area contributed by atoms with Crippen LogP contribution in [-0.2, 0) is 19.5 Å². The first kappa shape index (κ1) is 19.3. The van der Waals surface area contributed by atoms with Gasteiger partial charge >= 0.3 is 0 Å². The van der Waals surface area contributed by atoms with E-state index in [-0.39, 0.29) is 0 Å². The van der Waals surface area contributed by atoms with Gasteiger partial charge in [-0.25, -0.2) is 0 Å². The lowest BCUT2D eigenvalue weighted by Gasteiger charge is -2.41. The van der Waals surface area contributed by atoms with E-state index in [1.807, 2.05) is 0 Å². The first-order valence-electron chi connectivity index (χ1n) is 10.4. The van der Waals surface area contributed by atoms with Crippen LogP contribution < -0.4 is 9.47 Å². The summed E-state index contributed by atoms with van der Waals surface area (Å²) in [6.45, 7) is 7.76. The molecule has 2 heterocycles. The van der Waals surface area contributed by atoms with Crippen LogP contribution in [0.3, 0.4) is 0 Å². The van der Waals surface area contributed by atoms with Crippen LogP contribution >= 0.6 is 0 Å². The summed E-state index contributed by atoms with van der Waals surface area (Å²) >= 11 is 0. The topological polar surface area (TPSA) is 24.9 Å². The van der Waals surface area contributed by atoms with E-state index in [0.717, 1.165) is 44.1 Å². The molecule has 28 heavy (non-hydrogen) atoms. The molecule has 2 aliphatic heterocycles. The van der Waals surface area contributed by atoms with Gasteiger partial charge in [-0.05, 0) is 61.6 Å². The lowest BCUT2D eigenvalue weighted by molar-refractivity contribution is 0.0837. The number of piperidine rings is 1. The van der Waals surface area contributed by atoms with Gasteiger partial charge in [-0.2, -0.15) is 0 Å². The summed E-state index contributed by atoms with van der Waals surface area (Å²) in [6, 6.07) is 13.9. The Hall–Kier alpha value is -2.04. The van der Waals surface area contributed by atoms with Crippen LogP contribution in [0.4, 0.5) is 0 Å². The van der Waals surface area contributed by atoms with E-state index in [1.54, 1.807) is 14.2 Å². The Bertz CT molecular complexity index is 820. The first-order valence-corrected chi connectivity index (χ1v) is 10.4. The third kappa shape index (κ3) is 4.18. The summed E-state index contributed by atoms with van der Waals surface area (Å²) in [4.78, 5) is 5.31. The number of hydrogen-bond acceptors (Lipinski definition) is 4. The first-order chi connectivity index (χ1) is 13.7. The van der Waals surface area contributed by atoms with Gasteiger partial charge in [-0.1, -0.05) is 29.8 Å². The number of likely N-dealkylation sites (tertiary alicyclic amines) is 1. The summed E-state index contributed by atoms with van der Waals surface area (Å²) in [5, 5.41) is 0. The fraction of sp³-hybridized carbons (Fsp3) is 0.500. The second-order valence-electron chi connectivity index (χ2n) is 8.22. The van der Waals surface area contributed by atoms with Crippen molar-refractivity contribution >= 4 is 0 Å². The molecule has 1 fully saturated rings. The quantitative estimate of drug-likeness (QED) is 0.782. The minimum atomic E-state index is 0.639. The van der Waals surface area contributed by atoms with E-state index < -0.39 is 0 Å². The molecule has 0 N–H and O–H groups in total. The van der Waals surface area contributed by atoms with Gasteiger partial charge in [0.05, 0.1) is 14.2 Å². The fourth-order valence-electron chi connectivity index (χ4n) is 4.76. The number of fused-ring (bicyclic) bond motifs is 1. The standard InChI is InChI=1S/C24H32N2O2/c1-18-6-4-7-19(12-18)15-25-10-5-8-22(17-25)26-11-9-20-13-23(27-2)24(28-3)14-21(20)16-26/h4,6-7,12-14,22H,5,8-11,15-17H2,1-3H3. The lowest BCUT2D eigenvalue weighted by Crippen LogP contribution is -2.49. The summed E-state index contributed by atoms with van der Waals surface area (Å²) in [5.74, 6) is 1.68. The molecule has 4 heteroatoms. The average molecular weight is 381 g/mol. The summed E-state index contributed by atoms with van der Waals surface area (Å²) in [6.07, 6.45) is 3.67. The second kappa shape index (κ2) is 8.54. The number of hydrogen-bond donors (Lipinski definition) is 0. The number of aryl methyl sites for hydroxylation is 1. The minimum absolute atomic E-state index is 0.639. The zero-order valence-electron chi connectivity index (χ0n) is 17.4. The molecule has 2 aliphatic rings. The Morgan fingerprint density at radius 2 is 1.79 bits per heavy atom. The lowest BCUT2D eigenvalue weighted by atomic mass is 9.95. The Labute approximate surface area is 169 Å². The smallest absolute Gasteiger partial charge is 0.161 e. The highest BCUT2D eigenvalue weighted by molar-refractivity contribution is 5.48. The minimum Gasteiger partial charge on any atom is -0.493 e. The van der Waals surface area contributed by atoms with Gasteiger partial charge in [0.25, 0.3) is 0 Å². The molecular weight excluding hydrogens is 348 g/mol. The maximum Gasteiger partial charge on any atom is 0.161 e. The number of benzene rings is 2. The van der Waals surface area contributed by atoms with Crippen LogP contribution in [-0.4, -0.2) is 49.7 Å². The van der Waals surface area contributed by atoms with Gasteiger partial charge < -0.3 is 9.47 Å².